The predicted octanol–water partition coefficient (Wildman–Crippen LogP) is 2.10. The van der Waals surface area contributed by atoms with Crippen LogP contribution in [-0.2, 0) is 0 Å². The number of nitrogens with zero attached hydrogens (tertiary/aromatic N) is 2. The van der Waals surface area contributed by atoms with E-state index in [-0.39, 0.29) is 17.9 Å². The van der Waals surface area contributed by atoms with Crippen LogP contribution in [0.5, 0.6) is 5.88 Å². The molecule has 0 radical (unpaired) electrons. The Morgan fingerprint density at radius 2 is 2.17 bits per heavy atom. The zero-order valence-corrected chi connectivity index (χ0v) is 10.7. The molecule has 3 atom stereocenters. The molecule has 2 rings (SSSR count). The molecule has 1 fully saturated rings. The first-order valence-electron chi connectivity index (χ1n) is 6.26. The molecule has 0 aliphatic heterocycles. The van der Waals surface area contributed by atoms with Gasteiger partial charge in [0.1, 0.15) is 6.10 Å². The van der Waals surface area contributed by atoms with Gasteiger partial charge in [0.25, 0.3) is 5.88 Å². The number of hydrogen-bond acceptors (Lipinski definition) is 5. The van der Waals surface area contributed by atoms with E-state index in [1.165, 1.54) is 0 Å². The highest BCUT2D eigenvalue weighted by molar-refractivity contribution is 5.26. The Labute approximate surface area is 106 Å². The minimum Gasteiger partial charge on any atom is -0.472 e. The molecule has 1 saturated carbocycles. The smallest absolute Gasteiger partial charge is 0.255 e. The van der Waals surface area contributed by atoms with E-state index in [9.17, 15) is 4.39 Å². The molecule has 0 saturated heterocycles. The van der Waals surface area contributed by atoms with Gasteiger partial charge in [-0.25, -0.2) is 10.8 Å². The van der Waals surface area contributed by atoms with Crippen molar-refractivity contribution in [3.05, 3.63) is 12.0 Å². The number of aromatic nitrogens is 2. The Kier molecular flexibility index (Phi) is 3.96. The van der Waals surface area contributed by atoms with Gasteiger partial charge in [-0.05, 0) is 31.1 Å². The third kappa shape index (κ3) is 2.87. The third-order valence-corrected chi connectivity index (χ3v) is 3.67. The summed E-state index contributed by atoms with van der Waals surface area (Å²) in [5.74, 6) is 6.05. The Morgan fingerprint density at radius 1 is 1.39 bits per heavy atom. The highest BCUT2D eigenvalue weighted by atomic mass is 19.1. The maximum Gasteiger partial charge on any atom is 0.255 e. The predicted molar refractivity (Wildman–Crippen MR) is 66.4 cm³/mol. The number of nitrogen functional groups attached to an aromatic ring is 1. The minimum atomic E-state index is -0.555. The number of rotatable bonds is 3. The molecule has 1 heterocycles. The number of nitrogens with one attached hydrogen (secondary N) is 1. The molecule has 3 N–H and O–H groups in total. The lowest BCUT2D eigenvalue weighted by atomic mass is 9.80. The van der Waals surface area contributed by atoms with Crippen LogP contribution in [0.15, 0.2) is 6.20 Å². The van der Waals surface area contributed by atoms with E-state index in [1.807, 2.05) is 0 Å². The molecule has 5 nitrogen and oxygen atoms in total. The fourth-order valence-corrected chi connectivity index (χ4v) is 2.27. The van der Waals surface area contributed by atoms with Crippen LogP contribution < -0.4 is 16.0 Å². The van der Waals surface area contributed by atoms with Crippen molar-refractivity contribution < 1.29 is 9.13 Å². The molecule has 0 amide bonds. The van der Waals surface area contributed by atoms with Gasteiger partial charge >= 0.3 is 0 Å². The number of anilines is 1. The van der Waals surface area contributed by atoms with Crippen LogP contribution in [0.1, 0.15) is 33.1 Å². The lowest BCUT2D eigenvalue weighted by Gasteiger charge is -2.31. The van der Waals surface area contributed by atoms with Crippen LogP contribution in [0, 0.1) is 17.7 Å². The molecule has 100 valence electrons. The molecule has 18 heavy (non-hydrogen) atoms. The largest absolute Gasteiger partial charge is 0.472 e. The molecule has 3 unspecified atom stereocenters. The fraction of sp³-hybridized carbons (Fsp3) is 0.667. The number of hydrogen-bond donors (Lipinski definition) is 2. The molecule has 0 spiro atoms. The van der Waals surface area contributed by atoms with Crippen molar-refractivity contribution in [2.75, 3.05) is 5.43 Å². The summed E-state index contributed by atoms with van der Waals surface area (Å²) in [6.45, 7) is 4.44. The topological polar surface area (TPSA) is 73.1 Å². The lowest BCUT2D eigenvalue weighted by Crippen LogP contribution is -2.29. The van der Waals surface area contributed by atoms with Gasteiger partial charge < -0.3 is 4.74 Å². The van der Waals surface area contributed by atoms with E-state index < -0.39 is 5.82 Å². The van der Waals surface area contributed by atoms with Crippen LogP contribution in [0.25, 0.3) is 0 Å². The second-order valence-electron chi connectivity index (χ2n) is 5.00. The Balaban J connectivity index is 2.05. The number of hydrazine groups is 1. The zero-order valence-electron chi connectivity index (χ0n) is 10.7. The van der Waals surface area contributed by atoms with Crippen LogP contribution in [0.4, 0.5) is 10.3 Å². The second-order valence-corrected chi connectivity index (χ2v) is 5.00. The van der Waals surface area contributed by atoms with E-state index >= 15 is 0 Å². The Hall–Kier alpha value is -1.43. The van der Waals surface area contributed by atoms with Gasteiger partial charge in [0.2, 0.25) is 11.8 Å². The quantitative estimate of drug-likeness (QED) is 0.638. The third-order valence-electron chi connectivity index (χ3n) is 3.67. The average Bonchev–Trinajstić information content (AvgIpc) is 2.36. The summed E-state index contributed by atoms with van der Waals surface area (Å²) in [4.78, 5) is 7.56. The molecule has 1 aliphatic rings. The fourth-order valence-electron chi connectivity index (χ4n) is 2.27. The number of halogens is 1. The average molecular weight is 254 g/mol. The summed E-state index contributed by atoms with van der Waals surface area (Å²) in [5.41, 5.74) is 2.28. The number of ether oxygens (including phenoxy) is 1. The lowest BCUT2D eigenvalue weighted by molar-refractivity contribution is 0.0922. The highest BCUT2D eigenvalue weighted by Gasteiger charge is 2.26. The minimum absolute atomic E-state index is 0.0197. The monoisotopic (exact) mass is 254 g/mol. The molecule has 6 heteroatoms. The normalized spacial score (nSPS) is 27.9. The van der Waals surface area contributed by atoms with Crippen LogP contribution >= 0.6 is 0 Å². The van der Waals surface area contributed by atoms with Gasteiger partial charge in [-0.15, -0.1) is 0 Å². The van der Waals surface area contributed by atoms with Gasteiger partial charge in [0, 0.05) is 0 Å². The van der Waals surface area contributed by atoms with E-state index in [0.717, 1.165) is 25.5 Å². The standard InChI is InChI=1S/C12H19FN4O/c1-7-3-4-9(5-8(7)2)18-11-10(13)6-15-12(16-11)17-14/h6-9H,3-5,14H2,1-2H3,(H,15,16,17). The van der Waals surface area contributed by atoms with Crippen molar-refractivity contribution in [3.8, 4) is 5.88 Å². The van der Waals surface area contributed by atoms with Gasteiger partial charge in [0.15, 0.2) is 0 Å². The highest BCUT2D eigenvalue weighted by Crippen LogP contribution is 2.31. The summed E-state index contributed by atoms with van der Waals surface area (Å²) in [6, 6.07) is 0. The molecule has 1 aromatic rings. The van der Waals surface area contributed by atoms with E-state index in [2.05, 4.69) is 29.2 Å². The summed E-state index contributed by atoms with van der Waals surface area (Å²) >= 11 is 0. The summed E-state index contributed by atoms with van der Waals surface area (Å²) in [6.07, 6.45) is 4.04. The first-order chi connectivity index (χ1) is 8.60. The molecular weight excluding hydrogens is 235 g/mol. The van der Waals surface area contributed by atoms with Crippen molar-refractivity contribution in [1.82, 2.24) is 9.97 Å². The van der Waals surface area contributed by atoms with Crippen molar-refractivity contribution in [2.24, 2.45) is 17.7 Å². The van der Waals surface area contributed by atoms with Crippen LogP contribution in [-0.4, -0.2) is 16.1 Å². The van der Waals surface area contributed by atoms with Crippen LogP contribution in [0.3, 0.4) is 0 Å². The zero-order chi connectivity index (χ0) is 13.1. The van der Waals surface area contributed by atoms with E-state index in [4.69, 9.17) is 10.6 Å². The summed E-state index contributed by atoms with van der Waals surface area (Å²) < 4.78 is 19.1. The molecule has 1 aromatic heterocycles. The van der Waals surface area contributed by atoms with Gasteiger partial charge in [-0.1, -0.05) is 13.8 Å². The van der Waals surface area contributed by atoms with Crippen molar-refractivity contribution in [3.63, 3.8) is 0 Å². The van der Waals surface area contributed by atoms with Crippen molar-refractivity contribution in [1.29, 1.82) is 0 Å². The first-order valence-corrected chi connectivity index (χ1v) is 6.26. The van der Waals surface area contributed by atoms with Gasteiger partial charge in [0.05, 0.1) is 6.20 Å². The summed E-state index contributed by atoms with van der Waals surface area (Å²) in [7, 11) is 0. The maximum absolute atomic E-state index is 13.5. The molecule has 1 aliphatic carbocycles. The summed E-state index contributed by atoms with van der Waals surface area (Å²) in [5, 5.41) is 0. The SMILES string of the molecule is CC1CCC(Oc2nc(NN)ncc2F)CC1C. The van der Waals surface area contributed by atoms with Crippen LogP contribution in [0.2, 0.25) is 0 Å². The van der Waals surface area contributed by atoms with Gasteiger partial charge in [-0.2, -0.15) is 9.37 Å². The maximum atomic E-state index is 13.5. The Bertz CT molecular complexity index is 415. The first kappa shape index (κ1) is 13.0. The number of nitrogens with two attached hydrogens (primary N) is 1. The molecule has 0 bridgehead atoms. The second kappa shape index (κ2) is 5.48. The molecular formula is C12H19FN4O. The van der Waals surface area contributed by atoms with Crippen molar-refractivity contribution in [2.45, 2.75) is 39.2 Å². The van der Waals surface area contributed by atoms with Gasteiger partial charge in [-0.3, -0.25) is 5.43 Å². The Morgan fingerprint density at radius 3 is 2.83 bits per heavy atom. The molecule has 0 aromatic carbocycles. The van der Waals surface area contributed by atoms with E-state index in [0.29, 0.717) is 11.8 Å². The van der Waals surface area contributed by atoms with E-state index in [1.54, 1.807) is 0 Å². The van der Waals surface area contributed by atoms with Crippen molar-refractivity contribution >= 4 is 5.95 Å².